The van der Waals surface area contributed by atoms with Crippen molar-refractivity contribution in [3.63, 3.8) is 0 Å². The summed E-state index contributed by atoms with van der Waals surface area (Å²) in [6.07, 6.45) is 0.201. The Hall–Kier alpha value is -3.22. The number of rotatable bonds is 4. The van der Waals surface area contributed by atoms with Gasteiger partial charge in [0.05, 0.1) is 11.0 Å². The van der Waals surface area contributed by atoms with Gasteiger partial charge >= 0.3 is 0 Å². The summed E-state index contributed by atoms with van der Waals surface area (Å²) in [5.41, 5.74) is 3.67. The molecule has 1 atom stereocenters. The van der Waals surface area contributed by atoms with E-state index in [4.69, 9.17) is 0 Å². The van der Waals surface area contributed by atoms with Gasteiger partial charge in [0.2, 0.25) is 5.91 Å². The molecule has 7 heteroatoms. The van der Waals surface area contributed by atoms with Gasteiger partial charge in [0.15, 0.2) is 0 Å². The van der Waals surface area contributed by atoms with E-state index in [1.165, 1.54) is 6.07 Å². The van der Waals surface area contributed by atoms with E-state index >= 15 is 0 Å². The Kier molecular flexibility index (Phi) is 4.94. The summed E-state index contributed by atoms with van der Waals surface area (Å²) in [5.74, 6) is -0.476. The van der Waals surface area contributed by atoms with E-state index in [1.807, 2.05) is 32.0 Å². The zero-order valence-electron chi connectivity index (χ0n) is 15.5. The molecule has 0 spiro atoms. The van der Waals surface area contributed by atoms with Gasteiger partial charge in [-0.15, -0.1) is 0 Å². The lowest BCUT2D eigenvalue weighted by atomic mass is 10.1. The van der Waals surface area contributed by atoms with Crippen LogP contribution >= 0.6 is 0 Å². The van der Waals surface area contributed by atoms with Crippen molar-refractivity contribution in [1.82, 2.24) is 5.32 Å². The molecule has 140 valence electrons. The van der Waals surface area contributed by atoms with Crippen LogP contribution in [-0.4, -0.2) is 29.3 Å². The molecule has 2 aromatic rings. The molecule has 2 amide bonds. The largest absolute Gasteiger partial charge is 0.347 e. The zero-order chi connectivity index (χ0) is 19.7. The van der Waals surface area contributed by atoms with Crippen molar-refractivity contribution in [2.24, 2.45) is 0 Å². The van der Waals surface area contributed by atoms with Crippen LogP contribution in [0.3, 0.4) is 0 Å². The summed E-state index contributed by atoms with van der Waals surface area (Å²) in [7, 11) is 0. The first-order chi connectivity index (χ1) is 12.8. The smallest absolute Gasteiger partial charge is 0.273 e. The molecule has 3 rings (SSSR count). The Labute approximate surface area is 157 Å². The van der Waals surface area contributed by atoms with Crippen LogP contribution in [0.2, 0.25) is 0 Å². The third-order valence-corrected chi connectivity index (χ3v) is 4.93. The number of carbonyl (C=O) groups excluding carboxylic acids is 2. The molecular formula is C20H21N3O4. The number of aryl methyl sites for hydroxylation is 3. The zero-order valence-corrected chi connectivity index (χ0v) is 15.5. The predicted octanol–water partition coefficient (Wildman–Crippen LogP) is 3.06. The quantitative estimate of drug-likeness (QED) is 0.664. The predicted molar refractivity (Wildman–Crippen MR) is 102 cm³/mol. The highest BCUT2D eigenvalue weighted by Crippen LogP contribution is 2.25. The summed E-state index contributed by atoms with van der Waals surface area (Å²) in [6, 6.07) is 9.85. The number of hydrogen-bond donors (Lipinski definition) is 1. The Morgan fingerprint density at radius 1 is 1.11 bits per heavy atom. The van der Waals surface area contributed by atoms with Crippen molar-refractivity contribution in [3.8, 4) is 0 Å². The summed E-state index contributed by atoms with van der Waals surface area (Å²) in [5, 5.41) is 13.9. The van der Waals surface area contributed by atoms with Crippen LogP contribution < -0.4 is 10.2 Å². The maximum Gasteiger partial charge on any atom is 0.273 e. The van der Waals surface area contributed by atoms with E-state index in [1.54, 1.807) is 24.0 Å². The highest BCUT2D eigenvalue weighted by atomic mass is 16.6. The average Bonchev–Trinajstić information content (AvgIpc) is 2.97. The van der Waals surface area contributed by atoms with E-state index in [0.29, 0.717) is 12.1 Å². The molecule has 27 heavy (non-hydrogen) atoms. The summed E-state index contributed by atoms with van der Waals surface area (Å²) >= 11 is 0. The number of anilines is 1. The third kappa shape index (κ3) is 3.81. The van der Waals surface area contributed by atoms with Crippen molar-refractivity contribution >= 4 is 23.2 Å². The number of nitrogens with one attached hydrogen (secondary N) is 1. The topological polar surface area (TPSA) is 92.6 Å². The van der Waals surface area contributed by atoms with E-state index < -0.39 is 10.8 Å². The van der Waals surface area contributed by atoms with Crippen LogP contribution in [0.1, 0.15) is 33.5 Å². The van der Waals surface area contributed by atoms with Crippen LogP contribution in [0.15, 0.2) is 36.4 Å². The van der Waals surface area contributed by atoms with Crippen LogP contribution in [0.5, 0.6) is 0 Å². The van der Waals surface area contributed by atoms with Crippen molar-refractivity contribution in [3.05, 3.63) is 68.8 Å². The van der Waals surface area contributed by atoms with Gasteiger partial charge in [-0.05, 0) is 50.1 Å². The molecule has 1 N–H and O–H groups in total. The standard InChI is InChI=1S/C20H21N3O4/c1-12-5-7-17(8-14(12)3)22-11-16(10-19(22)24)21-20(25)15-6-4-13(2)18(9-15)23(26)27/h4-9,16H,10-11H2,1-3H3,(H,21,25)/t16-/m1/s1. The third-order valence-electron chi connectivity index (χ3n) is 4.93. The maximum absolute atomic E-state index is 12.5. The number of benzene rings is 2. The molecule has 1 aliphatic rings. The second-order valence-electron chi connectivity index (χ2n) is 6.91. The van der Waals surface area contributed by atoms with Gasteiger partial charge < -0.3 is 10.2 Å². The molecule has 2 aromatic carbocycles. The lowest BCUT2D eigenvalue weighted by molar-refractivity contribution is -0.385. The molecule has 0 aromatic heterocycles. The SMILES string of the molecule is Cc1ccc(N2C[C@H](NC(=O)c3ccc(C)c([N+](=O)[O-])c3)CC2=O)cc1C. The lowest BCUT2D eigenvalue weighted by Gasteiger charge is -2.18. The van der Waals surface area contributed by atoms with E-state index in [-0.39, 0.29) is 29.6 Å². The molecule has 0 radical (unpaired) electrons. The number of nitrogens with zero attached hydrogens (tertiary/aromatic N) is 2. The van der Waals surface area contributed by atoms with Gasteiger partial charge in [-0.2, -0.15) is 0 Å². The maximum atomic E-state index is 12.5. The van der Waals surface area contributed by atoms with Crippen LogP contribution in [0.4, 0.5) is 11.4 Å². The average molecular weight is 367 g/mol. The number of amides is 2. The van der Waals surface area contributed by atoms with Gasteiger partial charge in [-0.1, -0.05) is 12.1 Å². The Balaban J connectivity index is 1.73. The number of carbonyl (C=O) groups is 2. The second kappa shape index (κ2) is 7.19. The number of nitro groups is 1. The monoisotopic (exact) mass is 367 g/mol. The van der Waals surface area contributed by atoms with Crippen LogP contribution in [0, 0.1) is 30.9 Å². The van der Waals surface area contributed by atoms with Crippen molar-refractivity contribution < 1.29 is 14.5 Å². The fraction of sp³-hybridized carbons (Fsp3) is 0.300. The van der Waals surface area contributed by atoms with Crippen molar-refractivity contribution in [1.29, 1.82) is 0 Å². The van der Waals surface area contributed by atoms with Crippen molar-refractivity contribution in [2.75, 3.05) is 11.4 Å². The molecule has 0 aliphatic carbocycles. The molecule has 1 fully saturated rings. The molecule has 7 nitrogen and oxygen atoms in total. The van der Waals surface area contributed by atoms with Gasteiger partial charge in [0.25, 0.3) is 11.6 Å². The molecule has 0 saturated carbocycles. The minimum absolute atomic E-state index is 0.0570. The number of hydrogen-bond acceptors (Lipinski definition) is 4. The Morgan fingerprint density at radius 3 is 2.48 bits per heavy atom. The first kappa shape index (κ1) is 18.6. The molecule has 1 saturated heterocycles. The van der Waals surface area contributed by atoms with Gasteiger partial charge in [0.1, 0.15) is 0 Å². The first-order valence-electron chi connectivity index (χ1n) is 8.70. The molecule has 0 unspecified atom stereocenters. The van der Waals surface area contributed by atoms with Gasteiger partial charge in [-0.25, -0.2) is 0 Å². The van der Waals surface area contributed by atoms with E-state index in [0.717, 1.165) is 16.8 Å². The fourth-order valence-corrected chi connectivity index (χ4v) is 3.16. The molecule has 0 bridgehead atoms. The summed E-state index contributed by atoms with van der Waals surface area (Å²) in [4.78, 5) is 37.1. The van der Waals surface area contributed by atoms with Crippen LogP contribution in [-0.2, 0) is 4.79 Å². The lowest BCUT2D eigenvalue weighted by Crippen LogP contribution is -2.37. The summed E-state index contributed by atoms with van der Waals surface area (Å²) < 4.78 is 0. The van der Waals surface area contributed by atoms with Gasteiger partial charge in [0, 0.05) is 35.8 Å². The number of nitro benzene ring substituents is 1. The molecule has 1 aliphatic heterocycles. The normalized spacial score (nSPS) is 16.5. The van der Waals surface area contributed by atoms with Gasteiger partial charge in [-0.3, -0.25) is 19.7 Å². The van der Waals surface area contributed by atoms with E-state index in [2.05, 4.69) is 5.32 Å². The Morgan fingerprint density at radius 2 is 1.81 bits per heavy atom. The summed E-state index contributed by atoms with van der Waals surface area (Å²) in [6.45, 7) is 6.00. The fourth-order valence-electron chi connectivity index (χ4n) is 3.16. The first-order valence-corrected chi connectivity index (χ1v) is 8.70. The highest BCUT2D eigenvalue weighted by Gasteiger charge is 2.32. The minimum Gasteiger partial charge on any atom is -0.347 e. The highest BCUT2D eigenvalue weighted by molar-refractivity contribution is 5.99. The molecular weight excluding hydrogens is 346 g/mol. The second-order valence-corrected chi connectivity index (χ2v) is 6.91. The Bertz CT molecular complexity index is 939. The van der Waals surface area contributed by atoms with Crippen molar-refractivity contribution in [2.45, 2.75) is 33.2 Å². The molecule has 1 heterocycles. The van der Waals surface area contributed by atoms with Crippen LogP contribution in [0.25, 0.3) is 0 Å². The minimum atomic E-state index is -0.507. The van der Waals surface area contributed by atoms with E-state index in [9.17, 15) is 19.7 Å².